The molecule has 178 valence electrons. The number of halogens is 1. The number of hydrogen-bond donors (Lipinski definition) is 3. The Labute approximate surface area is 191 Å². The summed E-state index contributed by atoms with van der Waals surface area (Å²) in [4.78, 5) is 25.5. The molecule has 0 saturated heterocycles. The van der Waals surface area contributed by atoms with Crippen LogP contribution in [0.3, 0.4) is 0 Å². The average Bonchev–Trinajstić information content (AvgIpc) is 2.68. The van der Waals surface area contributed by atoms with Crippen LogP contribution >= 0.6 is 0 Å². The van der Waals surface area contributed by atoms with Gasteiger partial charge in [0.1, 0.15) is 5.82 Å². The molecule has 2 fully saturated rings. The number of amides is 2. The Morgan fingerprint density at radius 2 is 1.88 bits per heavy atom. The summed E-state index contributed by atoms with van der Waals surface area (Å²) in [5.41, 5.74) is -0.0282. The molecule has 0 heterocycles. The minimum atomic E-state index is -0.613. The molecule has 2 aliphatic rings. The van der Waals surface area contributed by atoms with Gasteiger partial charge in [0.25, 0.3) is 5.91 Å². The Kier molecular flexibility index (Phi) is 7.04. The first kappa shape index (κ1) is 24.7. The monoisotopic (exact) mass is 446 g/mol. The van der Waals surface area contributed by atoms with Crippen molar-refractivity contribution in [3.05, 3.63) is 35.6 Å². The van der Waals surface area contributed by atoms with Crippen LogP contribution in [0.4, 0.5) is 4.39 Å². The Bertz CT molecular complexity index is 852. The fourth-order valence-corrected chi connectivity index (χ4v) is 6.06. The van der Waals surface area contributed by atoms with E-state index in [1.807, 2.05) is 27.7 Å². The van der Waals surface area contributed by atoms with Gasteiger partial charge in [-0.25, -0.2) is 4.39 Å². The molecular formula is C26H39FN2O3. The van der Waals surface area contributed by atoms with Crippen LogP contribution in [0.2, 0.25) is 0 Å². The van der Waals surface area contributed by atoms with Crippen molar-refractivity contribution in [3.63, 3.8) is 0 Å². The van der Waals surface area contributed by atoms with Gasteiger partial charge in [0.15, 0.2) is 0 Å². The largest absolute Gasteiger partial charge is 0.392 e. The normalized spacial score (nSPS) is 33.7. The van der Waals surface area contributed by atoms with Gasteiger partial charge in [0.2, 0.25) is 5.91 Å². The zero-order valence-electron chi connectivity index (χ0n) is 20.2. The molecule has 0 unspecified atom stereocenters. The minimum absolute atomic E-state index is 0.0160. The second-order valence-corrected chi connectivity index (χ2v) is 11.4. The molecule has 2 aliphatic carbocycles. The molecular weight excluding hydrogens is 407 g/mol. The van der Waals surface area contributed by atoms with E-state index >= 15 is 0 Å². The summed E-state index contributed by atoms with van der Waals surface area (Å²) in [6, 6.07) is 5.60. The van der Waals surface area contributed by atoms with Crippen LogP contribution in [0.25, 0.3) is 0 Å². The topological polar surface area (TPSA) is 78.4 Å². The highest BCUT2D eigenvalue weighted by atomic mass is 19.1. The lowest BCUT2D eigenvalue weighted by molar-refractivity contribution is -0.143. The van der Waals surface area contributed by atoms with E-state index in [-0.39, 0.29) is 52.5 Å². The van der Waals surface area contributed by atoms with Gasteiger partial charge in [-0.15, -0.1) is 0 Å². The van der Waals surface area contributed by atoms with E-state index < -0.39 is 11.9 Å². The zero-order valence-corrected chi connectivity index (χ0v) is 20.2. The molecule has 1 aromatic rings. The maximum absolute atomic E-state index is 13.5. The molecule has 32 heavy (non-hydrogen) atoms. The van der Waals surface area contributed by atoms with Crippen LogP contribution < -0.4 is 10.6 Å². The summed E-state index contributed by atoms with van der Waals surface area (Å²) in [6.07, 6.45) is 2.90. The van der Waals surface area contributed by atoms with E-state index in [2.05, 4.69) is 24.5 Å². The number of rotatable bonds is 4. The molecule has 0 spiro atoms. The van der Waals surface area contributed by atoms with Gasteiger partial charge >= 0.3 is 0 Å². The fourth-order valence-electron chi connectivity index (χ4n) is 6.06. The predicted octanol–water partition coefficient (Wildman–Crippen LogP) is 4.30. The second kappa shape index (κ2) is 9.12. The van der Waals surface area contributed by atoms with Crippen LogP contribution in [0.15, 0.2) is 24.3 Å². The highest BCUT2D eigenvalue weighted by Gasteiger charge is 2.54. The van der Waals surface area contributed by atoms with Crippen molar-refractivity contribution < 1.29 is 19.1 Å². The Morgan fingerprint density at radius 3 is 2.50 bits per heavy atom. The van der Waals surface area contributed by atoms with Crippen LogP contribution in [-0.2, 0) is 4.79 Å². The average molecular weight is 447 g/mol. The van der Waals surface area contributed by atoms with Crippen molar-refractivity contribution in [2.75, 3.05) is 0 Å². The Morgan fingerprint density at radius 1 is 1.22 bits per heavy atom. The summed E-state index contributed by atoms with van der Waals surface area (Å²) in [7, 11) is 0. The number of carbonyl (C=O) groups excluding carboxylic acids is 2. The smallest absolute Gasteiger partial charge is 0.251 e. The number of carbonyl (C=O) groups is 2. The first-order valence-corrected chi connectivity index (χ1v) is 11.9. The lowest BCUT2D eigenvalue weighted by Gasteiger charge is -2.56. The summed E-state index contributed by atoms with van der Waals surface area (Å²) < 4.78 is 13.5. The van der Waals surface area contributed by atoms with Crippen molar-refractivity contribution >= 4 is 11.8 Å². The summed E-state index contributed by atoms with van der Waals surface area (Å²) in [6.45, 7) is 12.1. The molecule has 0 bridgehead atoms. The van der Waals surface area contributed by atoms with E-state index in [0.29, 0.717) is 5.56 Å². The van der Waals surface area contributed by atoms with Crippen molar-refractivity contribution in [3.8, 4) is 0 Å². The van der Waals surface area contributed by atoms with Crippen LogP contribution in [0, 0.1) is 34.9 Å². The van der Waals surface area contributed by atoms with Crippen molar-refractivity contribution in [1.82, 2.24) is 10.6 Å². The third-order valence-corrected chi connectivity index (χ3v) is 7.85. The van der Waals surface area contributed by atoms with Crippen molar-refractivity contribution in [2.24, 2.45) is 29.1 Å². The van der Waals surface area contributed by atoms with Gasteiger partial charge in [0.05, 0.1) is 6.10 Å². The first-order chi connectivity index (χ1) is 14.8. The van der Waals surface area contributed by atoms with Gasteiger partial charge in [-0.3, -0.25) is 9.59 Å². The maximum Gasteiger partial charge on any atom is 0.251 e. The molecule has 7 atom stereocenters. The molecule has 6 heteroatoms. The van der Waals surface area contributed by atoms with E-state index in [1.165, 1.54) is 18.2 Å². The minimum Gasteiger partial charge on any atom is -0.392 e. The highest BCUT2D eigenvalue weighted by Crippen LogP contribution is 2.55. The molecule has 0 aromatic heterocycles. The third-order valence-electron chi connectivity index (χ3n) is 7.85. The quantitative estimate of drug-likeness (QED) is 0.645. The molecule has 0 radical (unpaired) electrons. The van der Waals surface area contributed by atoms with E-state index in [9.17, 15) is 19.1 Å². The molecule has 2 amide bonds. The van der Waals surface area contributed by atoms with Gasteiger partial charge in [-0.1, -0.05) is 26.8 Å². The van der Waals surface area contributed by atoms with Crippen LogP contribution in [0.5, 0.6) is 0 Å². The van der Waals surface area contributed by atoms with Crippen LogP contribution in [0.1, 0.15) is 77.6 Å². The Balaban J connectivity index is 1.75. The Hall–Kier alpha value is -1.95. The fraction of sp³-hybridized carbons (Fsp3) is 0.692. The molecule has 2 saturated carbocycles. The lowest BCUT2D eigenvalue weighted by Crippen LogP contribution is -2.59. The zero-order chi connectivity index (χ0) is 23.8. The van der Waals surface area contributed by atoms with E-state index in [0.717, 1.165) is 25.7 Å². The van der Waals surface area contributed by atoms with Crippen LogP contribution in [-0.4, -0.2) is 34.6 Å². The first-order valence-electron chi connectivity index (χ1n) is 11.9. The summed E-state index contributed by atoms with van der Waals surface area (Å²) in [5.74, 6) is -1.12. The van der Waals surface area contributed by atoms with Gasteiger partial charge in [-0.05, 0) is 87.8 Å². The summed E-state index contributed by atoms with van der Waals surface area (Å²) in [5, 5.41) is 17.6. The second-order valence-electron chi connectivity index (χ2n) is 11.4. The van der Waals surface area contributed by atoms with Crippen molar-refractivity contribution in [1.29, 1.82) is 0 Å². The van der Waals surface area contributed by atoms with Crippen molar-refractivity contribution in [2.45, 2.75) is 84.9 Å². The number of aliphatic hydroxyl groups excluding tert-OH is 1. The molecule has 1 aromatic carbocycles. The lowest BCUT2D eigenvalue weighted by atomic mass is 9.51. The molecule has 0 aliphatic heterocycles. The molecule has 3 N–H and O–H groups in total. The third kappa shape index (κ3) is 5.16. The number of fused-ring (bicyclic) bond motifs is 1. The van der Waals surface area contributed by atoms with E-state index in [4.69, 9.17) is 0 Å². The standard InChI is InChI=1S/C26H39FN2O3/c1-15(23(31)29-25(3,4)5)19-10-12-26(6)13-11-20(16(2)21(26)22(19)30)28-24(32)17-8-7-9-18(27)14-17/h7-9,14-16,19-22,30H,10-13H2,1-6H3,(H,28,32)(H,29,31)/t15-,16+,19+,20-,21+,22-,26-/m0/s1. The number of benzene rings is 1. The highest BCUT2D eigenvalue weighted by molar-refractivity contribution is 5.94. The van der Waals surface area contributed by atoms with E-state index in [1.54, 1.807) is 6.07 Å². The predicted molar refractivity (Wildman–Crippen MR) is 123 cm³/mol. The van der Waals surface area contributed by atoms with Gasteiger partial charge < -0.3 is 15.7 Å². The maximum atomic E-state index is 13.5. The van der Waals surface area contributed by atoms with Gasteiger partial charge in [-0.2, -0.15) is 0 Å². The molecule has 3 rings (SSSR count). The SMILES string of the molecule is C[C@H]1[C@@H]2[C@@H](O)[C@@H]([C@H](C)C(=O)NC(C)(C)C)CC[C@@]2(C)CC[C@@H]1NC(=O)c1cccc(F)c1. The number of hydrogen-bond acceptors (Lipinski definition) is 3. The molecule has 5 nitrogen and oxygen atoms in total. The number of nitrogens with one attached hydrogen (secondary N) is 2. The van der Waals surface area contributed by atoms with Gasteiger partial charge in [0, 0.05) is 23.1 Å². The summed E-state index contributed by atoms with van der Waals surface area (Å²) >= 11 is 0. The number of aliphatic hydroxyl groups is 1.